The van der Waals surface area contributed by atoms with Crippen LogP contribution in [0.3, 0.4) is 0 Å². The maximum atomic E-state index is 14.5. The second-order valence-electron chi connectivity index (χ2n) is 8.58. The molecule has 10 heteroatoms. The van der Waals surface area contributed by atoms with Crippen molar-refractivity contribution >= 4 is 27.3 Å². The smallest absolute Gasteiger partial charge is 0.264 e. The second-order valence-corrected chi connectivity index (χ2v) is 10.8. The Morgan fingerprint density at radius 2 is 1.58 bits per heavy atom. The van der Waals surface area contributed by atoms with Crippen LogP contribution < -0.4 is 13.8 Å². The van der Waals surface area contributed by atoms with Crippen LogP contribution in [-0.4, -0.2) is 54.2 Å². The van der Waals surface area contributed by atoms with Gasteiger partial charge in [0.2, 0.25) is 0 Å². The van der Waals surface area contributed by atoms with Gasteiger partial charge >= 0.3 is 0 Å². The number of anilines is 1. The molecule has 0 N–H and O–H groups in total. The van der Waals surface area contributed by atoms with E-state index in [9.17, 15) is 17.2 Å². The summed E-state index contributed by atoms with van der Waals surface area (Å²) < 4.78 is 69.0. The van der Waals surface area contributed by atoms with Crippen molar-refractivity contribution in [2.75, 3.05) is 39.2 Å². The SMILES string of the molecule is COc1ccc(S(=O)(=O)N(c2ccc(Cl)cc2Cc2c(F)cccc2F)C(C)CN(C)C)cc1OC. The summed E-state index contributed by atoms with van der Waals surface area (Å²) in [7, 11) is 2.37. The summed E-state index contributed by atoms with van der Waals surface area (Å²) in [6, 6.07) is 12.0. The van der Waals surface area contributed by atoms with E-state index >= 15 is 0 Å². The molecule has 3 rings (SSSR count). The van der Waals surface area contributed by atoms with Gasteiger partial charge in [-0.05, 0) is 69.0 Å². The van der Waals surface area contributed by atoms with E-state index in [1.165, 1.54) is 48.9 Å². The molecule has 3 aromatic rings. The van der Waals surface area contributed by atoms with Gasteiger partial charge in [0, 0.05) is 29.6 Å². The number of methoxy groups -OCH3 is 2. The van der Waals surface area contributed by atoms with Gasteiger partial charge in [0.25, 0.3) is 10.0 Å². The number of sulfonamides is 1. The third-order valence-corrected chi connectivity index (χ3v) is 7.81. The zero-order valence-electron chi connectivity index (χ0n) is 20.8. The Balaban J connectivity index is 2.22. The third-order valence-electron chi connectivity index (χ3n) is 5.65. The molecule has 0 fully saturated rings. The maximum Gasteiger partial charge on any atom is 0.264 e. The Morgan fingerprint density at radius 1 is 0.944 bits per heavy atom. The molecular weight excluding hydrogens is 510 g/mol. The Bertz CT molecular complexity index is 1320. The van der Waals surface area contributed by atoms with Gasteiger partial charge in [-0.1, -0.05) is 17.7 Å². The van der Waals surface area contributed by atoms with Gasteiger partial charge in [-0.25, -0.2) is 17.2 Å². The minimum atomic E-state index is -4.16. The molecule has 0 spiro atoms. The molecule has 1 atom stereocenters. The molecule has 3 aromatic carbocycles. The lowest BCUT2D eigenvalue weighted by atomic mass is 10.0. The van der Waals surface area contributed by atoms with Crippen molar-refractivity contribution in [3.05, 3.63) is 82.4 Å². The van der Waals surface area contributed by atoms with Crippen LogP contribution in [-0.2, 0) is 16.4 Å². The summed E-state index contributed by atoms with van der Waals surface area (Å²) >= 11 is 6.24. The summed E-state index contributed by atoms with van der Waals surface area (Å²) in [5.41, 5.74) is 0.456. The zero-order valence-corrected chi connectivity index (χ0v) is 22.3. The van der Waals surface area contributed by atoms with Gasteiger partial charge in [-0.2, -0.15) is 0 Å². The molecule has 0 saturated heterocycles. The van der Waals surface area contributed by atoms with E-state index in [0.29, 0.717) is 22.9 Å². The summed E-state index contributed by atoms with van der Waals surface area (Å²) in [5.74, 6) is -0.816. The van der Waals surface area contributed by atoms with E-state index in [2.05, 4.69) is 0 Å². The van der Waals surface area contributed by atoms with E-state index < -0.39 is 27.7 Å². The van der Waals surface area contributed by atoms with Crippen molar-refractivity contribution in [1.82, 2.24) is 4.90 Å². The average molecular weight is 539 g/mol. The van der Waals surface area contributed by atoms with Crippen LogP contribution in [0.15, 0.2) is 59.5 Å². The number of hydrogen-bond donors (Lipinski definition) is 0. The molecule has 1 unspecified atom stereocenters. The van der Waals surface area contributed by atoms with E-state index in [1.54, 1.807) is 19.1 Å². The van der Waals surface area contributed by atoms with Crippen molar-refractivity contribution < 1.29 is 26.7 Å². The molecule has 0 aliphatic rings. The number of ether oxygens (including phenoxy) is 2. The Morgan fingerprint density at radius 3 is 2.17 bits per heavy atom. The molecule has 0 bridgehead atoms. The molecule has 36 heavy (non-hydrogen) atoms. The molecule has 0 aromatic heterocycles. The first kappa shape index (κ1) is 27.7. The molecule has 0 aliphatic carbocycles. The summed E-state index contributed by atoms with van der Waals surface area (Å²) in [6.07, 6.45) is -0.193. The number of likely N-dealkylation sites (N-methyl/N-ethyl adjacent to an activating group) is 1. The van der Waals surface area contributed by atoms with E-state index in [0.717, 1.165) is 12.1 Å². The van der Waals surface area contributed by atoms with E-state index in [4.69, 9.17) is 21.1 Å². The first-order valence-corrected chi connectivity index (χ1v) is 12.9. The second kappa shape index (κ2) is 11.5. The topological polar surface area (TPSA) is 59.1 Å². The first-order valence-electron chi connectivity index (χ1n) is 11.1. The van der Waals surface area contributed by atoms with Crippen molar-refractivity contribution in [1.29, 1.82) is 0 Å². The lowest BCUT2D eigenvalue weighted by Gasteiger charge is -2.34. The monoisotopic (exact) mass is 538 g/mol. The average Bonchev–Trinajstić information content (AvgIpc) is 2.81. The summed E-state index contributed by atoms with van der Waals surface area (Å²) in [4.78, 5) is 1.83. The van der Waals surface area contributed by atoms with E-state index in [-0.39, 0.29) is 28.3 Å². The van der Waals surface area contributed by atoms with Crippen LogP contribution in [0.4, 0.5) is 14.5 Å². The zero-order chi connectivity index (χ0) is 26.6. The van der Waals surface area contributed by atoms with Crippen molar-refractivity contribution in [3.63, 3.8) is 0 Å². The standard InChI is InChI=1S/C26H29ClF2N2O4S/c1-17(16-30(2)3)31(36(32,33)20-10-12-25(34-4)26(15-20)35-5)24-11-9-19(27)13-18(24)14-21-22(28)7-6-8-23(21)29/h6-13,15,17H,14,16H2,1-5H3. The first-order chi connectivity index (χ1) is 17.0. The van der Waals surface area contributed by atoms with Crippen LogP contribution in [0.5, 0.6) is 11.5 Å². The number of benzene rings is 3. The lowest BCUT2D eigenvalue weighted by Crippen LogP contribution is -2.44. The van der Waals surface area contributed by atoms with Crippen LogP contribution >= 0.6 is 11.6 Å². The molecule has 0 amide bonds. The van der Waals surface area contributed by atoms with Crippen molar-refractivity contribution in [3.8, 4) is 11.5 Å². The maximum absolute atomic E-state index is 14.5. The molecule has 6 nitrogen and oxygen atoms in total. The molecule has 0 heterocycles. The molecule has 0 saturated carbocycles. The van der Waals surface area contributed by atoms with Gasteiger partial charge in [-0.3, -0.25) is 4.31 Å². The Labute approximate surface area is 216 Å². The summed E-state index contributed by atoms with van der Waals surface area (Å²) in [6.45, 7) is 2.14. The number of nitrogens with zero attached hydrogens (tertiary/aromatic N) is 2. The van der Waals surface area contributed by atoms with Gasteiger partial charge < -0.3 is 14.4 Å². The number of rotatable bonds is 10. The quantitative estimate of drug-likeness (QED) is 0.347. The Hall–Kier alpha value is -2.88. The fraction of sp³-hybridized carbons (Fsp3) is 0.308. The van der Waals surface area contributed by atoms with Crippen LogP contribution in [0.25, 0.3) is 0 Å². The summed E-state index contributed by atoms with van der Waals surface area (Å²) in [5, 5.41) is 0.314. The van der Waals surface area contributed by atoms with Crippen molar-refractivity contribution in [2.45, 2.75) is 24.3 Å². The van der Waals surface area contributed by atoms with Crippen molar-refractivity contribution in [2.24, 2.45) is 0 Å². The van der Waals surface area contributed by atoms with Gasteiger partial charge in [0.15, 0.2) is 11.5 Å². The fourth-order valence-electron chi connectivity index (χ4n) is 4.10. The van der Waals surface area contributed by atoms with Crippen LogP contribution in [0.2, 0.25) is 5.02 Å². The lowest BCUT2D eigenvalue weighted by molar-refractivity contribution is 0.353. The predicted molar refractivity (Wildman–Crippen MR) is 138 cm³/mol. The van der Waals surface area contributed by atoms with Gasteiger partial charge in [0.1, 0.15) is 11.6 Å². The highest BCUT2D eigenvalue weighted by Crippen LogP contribution is 2.36. The fourth-order valence-corrected chi connectivity index (χ4v) is 5.99. The highest BCUT2D eigenvalue weighted by atomic mass is 35.5. The van der Waals surface area contributed by atoms with Crippen LogP contribution in [0.1, 0.15) is 18.1 Å². The van der Waals surface area contributed by atoms with Crippen LogP contribution in [0, 0.1) is 11.6 Å². The molecular formula is C26H29ClF2N2O4S. The number of halogens is 3. The van der Waals surface area contributed by atoms with Gasteiger partial charge in [0.05, 0.1) is 30.8 Å². The largest absolute Gasteiger partial charge is 0.493 e. The Kier molecular flexibility index (Phi) is 8.81. The normalized spacial score (nSPS) is 12.5. The van der Waals surface area contributed by atoms with E-state index in [1.807, 2.05) is 19.0 Å². The molecule has 194 valence electrons. The molecule has 0 radical (unpaired) electrons. The number of hydrogen-bond acceptors (Lipinski definition) is 5. The predicted octanol–water partition coefficient (Wildman–Crippen LogP) is 5.37. The van der Waals surface area contributed by atoms with Gasteiger partial charge in [-0.15, -0.1) is 0 Å². The molecule has 0 aliphatic heterocycles. The highest BCUT2D eigenvalue weighted by molar-refractivity contribution is 7.92. The minimum absolute atomic E-state index is 0.0243. The highest BCUT2D eigenvalue weighted by Gasteiger charge is 2.32. The third kappa shape index (κ3) is 5.91. The minimum Gasteiger partial charge on any atom is -0.493 e.